The highest BCUT2D eigenvalue weighted by Crippen LogP contribution is 2.31. The molecule has 0 aromatic rings. The molecule has 0 spiro atoms. The Hall–Kier alpha value is -1.66. The van der Waals surface area contributed by atoms with Crippen LogP contribution in [-0.2, 0) is 4.79 Å². The second kappa shape index (κ2) is 13.4. The molecule has 0 radical (unpaired) electrons. The van der Waals surface area contributed by atoms with Crippen molar-refractivity contribution in [3.8, 4) is 6.07 Å². The van der Waals surface area contributed by atoms with Gasteiger partial charge < -0.3 is 31.9 Å². The maximum atomic E-state index is 13.6. The zero-order valence-corrected chi connectivity index (χ0v) is 22.1. The van der Waals surface area contributed by atoms with Gasteiger partial charge in [0, 0.05) is 18.6 Å². The van der Waals surface area contributed by atoms with Crippen LogP contribution in [0, 0.1) is 40.4 Å². The van der Waals surface area contributed by atoms with Gasteiger partial charge in [0.05, 0.1) is 23.6 Å². The lowest BCUT2D eigenvalue weighted by Crippen LogP contribution is -2.61. The van der Waals surface area contributed by atoms with E-state index in [0.717, 1.165) is 39.0 Å². The molecule has 8 nitrogen and oxygen atoms in total. The van der Waals surface area contributed by atoms with Crippen LogP contribution in [0.1, 0.15) is 53.4 Å². The van der Waals surface area contributed by atoms with Crippen molar-refractivity contribution in [1.82, 2.24) is 26.2 Å². The van der Waals surface area contributed by atoms with Gasteiger partial charge in [-0.25, -0.2) is 0 Å². The molecular formula is C26H49N7O. The fraction of sp³-hybridized carbons (Fsp3) is 0.846. The van der Waals surface area contributed by atoms with E-state index in [-0.39, 0.29) is 23.9 Å². The molecule has 1 amide bonds. The lowest BCUT2D eigenvalue weighted by Gasteiger charge is -2.42. The van der Waals surface area contributed by atoms with Crippen LogP contribution in [0.2, 0.25) is 0 Å². The number of hydrogen-bond acceptors (Lipinski definition) is 7. The Balaban J connectivity index is 2.09. The predicted molar refractivity (Wildman–Crippen MR) is 139 cm³/mol. The Kier molecular flexibility index (Phi) is 11.3. The first-order chi connectivity index (χ1) is 16.1. The third kappa shape index (κ3) is 7.67. The van der Waals surface area contributed by atoms with Crippen molar-refractivity contribution in [3.63, 3.8) is 0 Å². The summed E-state index contributed by atoms with van der Waals surface area (Å²) < 4.78 is 0. The summed E-state index contributed by atoms with van der Waals surface area (Å²) in [6.45, 7) is 16.5. The van der Waals surface area contributed by atoms with Gasteiger partial charge in [-0.1, -0.05) is 19.9 Å². The summed E-state index contributed by atoms with van der Waals surface area (Å²) in [6, 6.07) is 2.37. The van der Waals surface area contributed by atoms with Gasteiger partial charge in [-0.05, 0) is 97.2 Å². The Labute approximate surface area is 207 Å². The number of nitrogens with one attached hydrogen (secondary N) is 4. The van der Waals surface area contributed by atoms with Crippen LogP contribution in [0.15, 0.2) is 12.8 Å². The highest BCUT2D eigenvalue weighted by Gasteiger charge is 2.38. The number of amides is 1. The van der Waals surface area contributed by atoms with Crippen molar-refractivity contribution in [2.75, 3.05) is 39.8 Å². The number of nitriles is 1. The largest absolute Gasteiger partial charge is 0.376 e. The van der Waals surface area contributed by atoms with Crippen LogP contribution in [0.4, 0.5) is 0 Å². The van der Waals surface area contributed by atoms with Crippen molar-refractivity contribution >= 4 is 5.91 Å². The van der Waals surface area contributed by atoms with E-state index >= 15 is 0 Å². The van der Waals surface area contributed by atoms with E-state index in [1.807, 2.05) is 20.8 Å². The third-order valence-electron chi connectivity index (χ3n) is 8.26. The fourth-order valence-corrected chi connectivity index (χ4v) is 5.73. The van der Waals surface area contributed by atoms with E-state index in [4.69, 9.17) is 5.73 Å². The SMILES string of the molecule is C=CNC(N)C(C(=O)NC1CNCCC1C1CCN(C)CC1)C(C)NCC(CC)C(C)(C)C#N. The molecule has 2 rings (SSSR count). The molecule has 34 heavy (non-hydrogen) atoms. The Morgan fingerprint density at radius 1 is 1.35 bits per heavy atom. The second-order valence-electron chi connectivity index (χ2n) is 11.0. The highest BCUT2D eigenvalue weighted by molar-refractivity contribution is 5.80. The van der Waals surface area contributed by atoms with Crippen LogP contribution in [0.5, 0.6) is 0 Å². The van der Waals surface area contributed by atoms with Crippen molar-refractivity contribution < 1.29 is 4.79 Å². The maximum Gasteiger partial charge on any atom is 0.228 e. The highest BCUT2D eigenvalue weighted by atomic mass is 16.2. The molecule has 2 fully saturated rings. The Bertz CT molecular complexity index is 683. The summed E-state index contributed by atoms with van der Waals surface area (Å²) in [5.74, 6) is 0.828. The van der Waals surface area contributed by atoms with Crippen molar-refractivity contribution in [2.45, 2.75) is 71.6 Å². The molecule has 194 valence electrons. The molecule has 0 saturated carbocycles. The standard InChI is InChI=1S/C26H49N7O/c1-7-20(26(4,5)17-27)15-31-18(3)23(24(28)30-8-2)25(34)32-22-16-29-12-9-21(22)19-10-13-33(6)14-11-19/h8,18-24,29-31H,2,7,9-16,28H2,1,3-6H3,(H,32,34). The Morgan fingerprint density at radius 3 is 2.62 bits per heavy atom. The Morgan fingerprint density at radius 2 is 2.03 bits per heavy atom. The van der Waals surface area contributed by atoms with E-state index in [2.05, 4.69) is 52.8 Å². The van der Waals surface area contributed by atoms with Gasteiger partial charge in [-0.3, -0.25) is 4.79 Å². The molecule has 2 saturated heterocycles. The number of rotatable bonds is 12. The van der Waals surface area contributed by atoms with Gasteiger partial charge in [-0.2, -0.15) is 5.26 Å². The van der Waals surface area contributed by atoms with Gasteiger partial charge in [0.1, 0.15) is 0 Å². The third-order valence-corrected chi connectivity index (χ3v) is 8.26. The van der Waals surface area contributed by atoms with Crippen molar-refractivity contribution in [3.05, 3.63) is 12.8 Å². The molecule has 0 aromatic heterocycles. The molecule has 0 aliphatic carbocycles. The quantitative estimate of drug-likeness (QED) is 0.272. The van der Waals surface area contributed by atoms with Crippen LogP contribution >= 0.6 is 0 Å². The first-order valence-electron chi connectivity index (χ1n) is 13.1. The smallest absolute Gasteiger partial charge is 0.228 e. The van der Waals surface area contributed by atoms with Gasteiger partial charge >= 0.3 is 0 Å². The van der Waals surface area contributed by atoms with Gasteiger partial charge in [-0.15, -0.1) is 0 Å². The fourth-order valence-electron chi connectivity index (χ4n) is 5.73. The molecule has 2 aliphatic rings. The molecule has 6 unspecified atom stereocenters. The molecule has 0 aromatic carbocycles. The molecule has 6 N–H and O–H groups in total. The van der Waals surface area contributed by atoms with Crippen molar-refractivity contribution in [1.29, 1.82) is 5.26 Å². The number of hydrogen-bond donors (Lipinski definition) is 5. The number of nitrogens with zero attached hydrogens (tertiary/aromatic N) is 2. The minimum Gasteiger partial charge on any atom is -0.376 e. The summed E-state index contributed by atoms with van der Waals surface area (Å²) in [6.07, 6.45) is 5.37. The predicted octanol–water partition coefficient (Wildman–Crippen LogP) is 1.61. The number of carbonyl (C=O) groups excluding carboxylic acids is 1. The second-order valence-corrected chi connectivity index (χ2v) is 11.0. The normalized spacial score (nSPS) is 26.0. The van der Waals surface area contributed by atoms with E-state index in [9.17, 15) is 10.1 Å². The van der Waals surface area contributed by atoms with Gasteiger partial charge in [0.25, 0.3) is 0 Å². The molecule has 2 aliphatic heterocycles. The van der Waals surface area contributed by atoms with Gasteiger partial charge in [0.2, 0.25) is 5.91 Å². The zero-order valence-electron chi connectivity index (χ0n) is 22.1. The average molecular weight is 476 g/mol. The average Bonchev–Trinajstić information content (AvgIpc) is 2.80. The molecule has 2 heterocycles. The number of likely N-dealkylation sites (tertiary alicyclic amines) is 1. The topological polar surface area (TPSA) is 118 Å². The van der Waals surface area contributed by atoms with Crippen LogP contribution in [-0.4, -0.2) is 68.8 Å². The summed E-state index contributed by atoms with van der Waals surface area (Å²) in [4.78, 5) is 16.0. The van der Waals surface area contributed by atoms with E-state index < -0.39 is 17.5 Å². The lowest BCUT2D eigenvalue weighted by molar-refractivity contribution is -0.128. The van der Waals surface area contributed by atoms with Crippen molar-refractivity contribution in [2.24, 2.45) is 34.8 Å². The van der Waals surface area contributed by atoms with E-state index in [1.54, 1.807) is 6.20 Å². The zero-order chi connectivity index (χ0) is 25.3. The van der Waals surface area contributed by atoms with Crippen LogP contribution in [0.3, 0.4) is 0 Å². The van der Waals surface area contributed by atoms with Crippen LogP contribution < -0.4 is 27.0 Å². The van der Waals surface area contributed by atoms with Crippen LogP contribution in [0.25, 0.3) is 0 Å². The number of carbonyl (C=O) groups is 1. The molecule has 0 bridgehead atoms. The minimum absolute atomic E-state index is 0.0268. The summed E-state index contributed by atoms with van der Waals surface area (Å²) >= 11 is 0. The van der Waals surface area contributed by atoms with E-state index in [0.29, 0.717) is 18.4 Å². The summed E-state index contributed by atoms with van der Waals surface area (Å²) in [5.41, 5.74) is 5.99. The molecule has 8 heteroatoms. The summed E-state index contributed by atoms with van der Waals surface area (Å²) in [5, 5.41) is 23.0. The molecular weight excluding hydrogens is 426 g/mol. The first kappa shape index (κ1) is 28.6. The first-order valence-corrected chi connectivity index (χ1v) is 13.1. The summed E-state index contributed by atoms with van der Waals surface area (Å²) in [7, 11) is 2.19. The van der Waals surface area contributed by atoms with E-state index in [1.165, 1.54) is 12.8 Å². The minimum atomic E-state index is -0.553. The lowest BCUT2D eigenvalue weighted by atomic mass is 9.76. The maximum absolute atomic E-state index is 13.6. The number of piperidine rings is 2. The van der Waals surface area contributed by atoms with Gasteiger partial charge in [0.15, 0.2) is 0 Å². The monoisotopic (exact) mass is 475 g/mol. The molecule has 6 atom stereocenters. The number of nitrogens with two attached hydrogens (primary N) is 1.